The molecule has 0 aliphatic heterocycles. The fourth-order valence-electron chi connectivity index (χ4n) is 0.789. The number of esters is 1. The van der Waals surface area contributed by atoms with Gasteiger partial charge in [-0.25, -0.2) is 9.78 Å². The lowest BCUT2D eigenvalue weighted by atomic mass is 10.5. The molecule has 0 atom stereocenters. The van der Waals surface area contributed by atoms with E-state index in [1.807, 2.05) is 0 Å². The summed E-state index contributed by atoms with van der Waals surface area (Å²) in [6.07, 6.45) is 0.859. The molecule has 0 N–H and O–H groups in total. The van der Waals surface area contributed by atoms with Crippen molar-refractivity contribution < 1.29 is 18.7 Å². The Hall–Kier alpha value is -1.72. The van der Waals surface area contributed by atoms with Gasteiger partial charge in [-0.2, -0.15) is 9.37 Å². The predicted octanol–water partition coefficient (Wildman–Crippen LogP) is 0.801. The van der Waals surface area contributed by atoms with E-state index in [2.05, 4.69) is 19.4 Å². The van der Waals surface area contributed by atoms with Crippen LogP contribution in [0.2, 0.25) is 0 Å². The van der Waals surface area contributed by atoms with Crippen molar-refractivity contribution >= 4 is 5.97 Å². The van der Waals surface area contributed by atoms with Gasteiger partial charge in [0.2, 0.25) is 11.6 Å². The van der Waals surface area contributed by atoms with Crippen molar-refractivity contribution in [2.24, 2.45) is 0 Å². The first-order valence-corrected chi connectivity index (χ1v) is 3.92. The van der Waals surface area contributed by atoms with Crippen molar-refractivity contribution in [3.8, 4) is 5.88 Å². The molecule has 1 aromatic rings. The molecule has 0 spiro atoms. The second-order valence-corrected chi connectivity index (χ2v) is 2.27. The molecule has 0 aliphatic carbocycles. The van der Waals surface area contributed by atoms with Crippen molar-refractivity contribution in [2.45, 2.75) is 6.92 Å². The largest absolute Gasteiger partial charge is 0.479 e. The summed E-state index contributed by atoms with van der Waals surface area (Å²) in [5.41, 5.74) is 0. The zero-order valence-corrected chi connectivity index (χ0v) is 7.78. The second kappa shape index (κ2) is 4.50. The van der Waals surface area contributed by atoms with E-state index in [0.29, 0.717) is 0 Å². The molecule has 0 amide bonds. The van der Waals surface area contributed by atoms with Gasteiger partial charge in [0.25, 0.3) is 5.88 Å². The van der Waals surface area contributed by atoms with Crippen LogP contribution in [0.1, 0.15) is 17.5 Å². The monoisotopic (exact) mass is 200 g/mol. The van der Waals surface area contributed by atoms with Crippen LogP contribution in [-0.4, -0.2) is 29.7 Å². The normalized spacial score (nSPS) is 9.64. The van der Waals surface area contributed by atoms with Crippen LogP contribution in [0.3, 0.4) is 0 Å². The number of methoxy groups -OCH3 is 1. The maximum absolute atomic E-state index is 12.8. The van der Waals surface area contributed by atoms with Gasteiger partial charge >= 0.3 is 5.97 Å². The summed E-state index contributed by atoms with van der Waals surface area (Å²) in [5, 5.41) is 0. The molecule has 0 aromatic carbocycles. The van der Waals surface area contributed by atoms with E-state index < -0.39 is 11.8 Å². The highest BCUT2D eigenvalue weighted by atomic mass is 19.1. The number of aromatic nitrogens is 2. The van der Waals surface area contributed by atoms with E-state index >= 15 is 0 Å². The van der Waals surface area contributed by atoms with E-state index in [0.717, 1.165) is 6.20 Å². The standard InChI is InChI=1S/C8H9FN2O3/c1-3-14-8(12)6-10-4-5(9)7(11-6)13-2/h4H,3H2,1-2H3. The van der Waals surface area contributed by atoms with Crippen molar-refractivity contribution in [2.75, 3.05) is 13.7 Å². The Morgan fingerprint density at radius 3 is 2.93 bits per heavy atom. The van der Waals surface area contributed by atoms with E-state index in [1.165, 1.54) is 7.11 Å². The van der Waals surface area contributed by atoms with Crippen molar-refractivity contribution in [1.82, 2.24) is 9.97 Å². The van der Waals surface area contributed by atoms with Crippen LogP contribution in [0.25, 0.3) is 0 Å². The van der Waals surface area contributed by atoms with E-state index in [1.54, 1.807) is 6.92 Å². The van der Waals surface area contributed by atoms with Gasteiger partial charge in [-0.1, -0.05) is 0 Å². The molecular weight excluding hydrogens is 191 g/mol. The van der Waals surface area contributed by atoms with Crippen molar-refractivity contribution in [1.29, 1.82) is 0 Å². The van der Waals surface area contributed by atoms with E-state index in [4.69, 9.17) is 0 Å². The van der Waals surface area contributed by atoms with Crippen LogP contribution >= 0.6 is 0 Å². The quantitative estimate of drug-likeness (QED) is 0.675. The molecule has 14 heavy (non-hydrogen) atoms. The molecule has 76 valence electrons. The summed E-state index contributed by atoms with van der Waals surface area (Å²) < 4.78 is 22.0. The SMILES string of the molecule is CCOC(=O)c1ncc(F)c(OC)n1. The van der Waals surface area contributed by atoms with Crippen LogP contribution < -0.4 is 4.74 Å². The highest BCUT2D eigenvalue weighted by Gasteiger charge is 2.14. The number of nitrogens with zero attached hydrogens (tertiary/aromatic N) is 2. The molecule has 0 unspecified atom stereocenters. The third-order valence-electron chi connectivity index (χ3n) is 1.36. The molecule has 0 saturated heterocycles. The molecule has 1 rings (SSSR count). The Balaban J connectivity index is 2.94. The number of halogens is 1. The summed E-state index contributed by atoms with van der Waals surface area (Å²) >= 11 is 0. The Kier molecular flexibility index (Phi) is 3.33. The van der Waals surface area contributed by atoms with Gasteiger partial charge in [0, 0.05) is 0 Å². The van der Waals surface area contributed by atoms with Crippen LogP contribution in [0, 0.1) is 5.82 Å². The number of carbonyl (C=O) groups excluding carboxylic acids is 1. The van der Waals surface area contributed by atoms with Crippen LogP contribution in [-0.2, 0) is 4.74 Å². The number of hydrogen-bond acceptors (Lipinski definition) is 5. The molecular formula is C8H9FN2O3. The smallest absolute Gasteiger partial charge is 0.376 e. The molecule has 1 heterocycles. The molecule has 0 aliphatic rings. The Bertz CT molecular complexity index is 343. The van der Waals surface area contributed by atoms with Gasteiger partial charge < -0.3 is 9.47 Å². The Morgan fingerprint density at radius 2 is 2.36 bits per heavy atom. The van der Waals surface area contributed by atoms with Gasteiger partial charge in [0.05, 0.1) is 19.9 Å². The zero-order valence-electron chi connectivity index (χ0n) is 7.78. The minimum atomic E-state index is -0.722. The Morgan fingerprint density at radius 1 is 1.64 bits per heavy atom. The lowest BCUT2D eigenvalue weighted by molar-refractivity contribution is 0.0510. The van der Waals surface area contributed by atoms with Gasteiger partial charge in [-0.3, -0.25) is 0 Å². The molecule has 6 heteroatoms. The molecule has 0 radical (unpaired) electrons. The summed E-state index contributed by atoms with van der Waals surface area (Å²) in [4.78, 5) is 18.1. The Labute approximate surface area is 79.9 Å². The van der Waals surface area contributed by atoms with Gasteiger partial charge in [-0.15, -0.1) is 0 Å². The average Bonchev–Trinajstić information content (AvgIpc) is 2.19. The van der Waals surface area contributed by atoms with E-state index in [9.17, 15) is 9.18 Å². The van der Waals surface area contributed by atoms with Crippen LogP contribution in [0.5, 0.6) is 5.88 Å². The fraction of sp³-hybridized carbons (Fsp3) is 0.375. The molecule has 5 nitrogen and oxygen atoms in total. The molecule has 0 bridgehead atoms. The summed E-state index contributed by atoms with van der Waals surface area (Å²) in [7, 11) is 1.25. The molecule has 0 fully saturated rings. The predicted molar refractivity (Wildman–Crippen MR) is 44.5 cm³/mol. The van der Waals surface area contributed by atoms with Crippen molar-refractivity contribution in [3.63, 3.8) is 0 Å². The third-order valence-corrected chi connectivity index (χ3v) is 1.36. The van der Waals surface area contributed by atoms with Gasteiger partial charge in [0.15, 0.2) is 0 Å². The first-order chi connectivity index (χ1) is 6.69. The van der Waals surface area contributed by atoms with Crippen LogP contribution in [0.4, 0.5) is 4.39 Å². The lowest BCUT2D eigenvalue weighted by Gasteiger charge is -2.02. The minimum Gasteiger partial charge on any atom is -0.479 e. The number of rotatable bonds is 3. The topological polar surface area (TPSA) is 61.3 Å². The fourth-order valence-corrected chi connectivity index (χ4v) is 0.789. The molecule has 0 saturated carbocycles. The maximum Gasteiger partial charge on any atom is 0.376 e. The van der Waals surface area contributed by atoms with E-state index in [-0.39, 0.29) is 18.3 Å². The lowest BCUT2D eigenvalue weighted by Crippen LogP contribution is -2.10. The average molecular weight is 200 g/mol. The highest BCUT2D eigenvalue weighted by molar-refractivity contribution is 5.85. The first-order valence-electron chi connectivity index (χ1n) is 3.92. The summed E-state index contributed by atoms with van der Waals surface area (Å²) in [6, 6.07) is 0. The zero-order chi connectivity index (χ0) is 10.6. The van der Waals surface area contributed by atoms with Crippen molar-refractivity contribution in [3.05, 3.63) is 17.8 Å². The maximum atomic E-state index is 12.8. The van der Waals surface area contributed by atoms with Gasteiger partial charge in [-0.05, 0) is 6.92 Å². The first kappa shape index (κ1) is 10.4. The summed E-state index contributed by atoms with van der Waals surface area (Å²) in [6.45, 7) is 1.86. The minimum absolute atomic E-state index is 0.210. The number of ether oxygens (including phenoxy) is 2. The second-order valence-electron chi connectivity index (χ2n) is 2.27. The van der Waals surface area contributed by atoms with Crippen LogP contribution in [0.15, 0.2) is 6.20 Å². The molecule has 1 aromatic heterocycles. The number of hydrogen-bond donors (Lipinski definition) is 0. The summed E-state index contributed by atoms with van der Waals surface area (Å²) in [5.74, 6) is -1.92. The van der Waals surface area contributed by atoms with Gasteiger partial charge in [0.1, 0.15) is 0 Å². The number of carbonyl (C=O) groups is 1. The third kappa shape index (κ3) is 2.15. The highest BCUT2D eigenvalue weighted by Crippen LogP contribution is 2.11.